The van der Waals surface area contributed by atoms with E-state index in [1.54, 1.807) is 4.90 Å². The molecule has 0 bridgehead atoms. The Morgan fingerprint density at radius 1 is 1.10 bits per heavy atom. The molecule has 162 valence electrons. The zero-order valence-electron chi connectivity index (χ0n) is 18.0. The molecule has 3 rings (SSSR count). The Morgan fingerprint density at radius 3 is 2.45 bits per heavy atom. The highest BCUT2D eigenvalue weighted by Crippen LogP contribution is 2.37. The molecule has 4 nitrogen and oxygen atoms in total. The minimum absolute atomic E-state index is 0.0213. The second-order valence-electron chi connectivity index (χ2n) is 8.85. The van der Waals surface area contributed by atoms with Gasteiger partial charge < -0.3 is 9.80 Å². The van der Waals surface area contributed by atoms with Gasteiger partial charge in [-0.3, -0.25) is 9.69 Å². The van der Waals surface area contributed by atoms with Gasteiger partial charge in [-0.15, -0.1) is 0 Å². The molecule has 0 aliphatic carbocycles. The van der Waals surface area contributed by atoms with E-state index in [1.165, 1.54) is 11.3 Å². The quantitative estimate of drug-likeness (QED) is 0.741. The fraction of sp³-hybridized carbons (Fsp3) is 0.696. The lowest BCUT2D eigenvalue weighted by Gasteiger charge is -2.40. The van der Waals surface area contributed by atoms with E-state index in [0.717, 1.165) is 25.9 Å². The topological polar surface area (TPSA) is 26.8 Å². The standard InChI is InChI=1S/C23H35F2N3O/c1-4-19-6-8-20(9-7-19)27-11-5-12-28(15-14-27)22(29)16-26-13-10-21(18(2)3)23(24,25)17-26/h6-9,18,21H,4-5,10-17H2,1-3H3. The molecule has 6 heteroatoms. The molecule has 0 N–H and O–H groups in total. The first-order valence-corrected chi connectivity index (χ1v) is 11.0. The van der Waals surface area contributed by atoms with E-state index in [-0.39, 0.29) is 24.9 Å². The molecule has 2 fully saturated rings. The summed E-state index contributed by atoms with van der Waals surface area (Å²) in [4.78, 5) is 18.6. The summed E-state index contributed by atoms with van der Waals surface area (Å²) in [5.41, 5.74) is 2.50. The molecular formula is C23H35F2N3O. The number of carbonyl (C=O) groups excluding carboxylic acids is 1. The molecule has 1 unspecified atom stereocenters. The first kappa shape index (κ1) is 22.0. The van der Waals surface area contributed by atoms with Gasteiger partial charge in [-0.1, -0.05) is 32.9 Å². The van der Waals surface area contributed by atoms with Crippen LogP contribution in [0.4, 0.5) is 14.5 Å². The number of hydrogen-bond donors (Lipinski definition) is 0. The van der Waals surface area contributed by atoms with E-state index in [4.69, 9.17) is 0 Å². The third-order valence-corrected chi connectivity index (χ3v) is 6.46. The maximum Gasteiger partial charge on any atom is 0.263 e. The van der Waals surface area contributed by atoms with Crippen LogP contribution >= 0.6 is 0 Å². The van der Waals surface area contributed by atoms with Crippen LogP contribution < -0.4 is 4.90 Å². The van der Waals surface area contributed by atoms with Gasteiger partial charge >= 0.3 is 0 Å². The van der Waals surface area contributed by atoms with Crippen molar-refractivity contribution in [2.45, 2.75) is 46.0 Å². The second kappa shape index (κ2) is 9.41. The summed E-state index contributed by atoms with van der Waals surface area (Å²) in [6, 6.07) is 8.61. The summed E-state index contributed by atoms with van der Waals surface area (Å²) in [6.07, 6.45) is 2.38. The molecule has 0 radical (unpaired) electrons. The lowest BCUT2D eigenvalue weighted by atomic mass is 9.83. The highest BCUT2D eigenvalue weighted by atomic mass is 19.3. The van der Waals surface area contributed by atoms with Crippen LogP contribution in [0.15, 0.2) is 24.3 Å². The van der Waals surface area contributed by atoms with E-state index in [1.807, 2.05) is 18.7 Å². The highest BCUT2D eigenvalue weighted by Gasteiger charge is 2.46. The maximum atomic E-state index is 14.4. The van der Waals surface area contributed by atoms with Gasteiger partial charge in [0, 0.05) is 37.8 Å². The molecule has 2 heterocycles. The van der Waals surface area contributed by atoms with E-state index in [9.17, 15) is 13.6 Å². The average Bonchev–Trinajstić information content (AvgIpc) is 2.93. The first-order valence-electron chi connectivity index (χ1n) is 11.0. The van der Waals surface area contributed by atoms with Crippen LogP contribution in [0.25, 0.3) is 0 Å². The monoisotopic (exact) mass is 407 g/mol. The number of anilines is 1. The molecular weight excluding hydrogens is 372 g/mol. The Balaban J connectivity index is 1.53. The third-order valence-electron chi connectivity index (χ3n) is 6.46. The van der Waals surface area contributed by atoms with Crippen molar-refractivity contribution in [3.8, 4) is 0 Å². The number of carbonyl (C=O) groups is 1. The number of alkyl halides is 2. The fourth-order valence-electron chi connectivity index (χ4n) is 4.64. The molecule has 1 atom stereocenters. The van der Waals surface area contributed by atoms with E-state index < -0.39 is 11.8 Å². The number of benzene rings is 1. The molecule has 2 aliphatic rings. The summed E-state index contributed by atoms with van der Waals surface area (Å²) >= 11 is 0. The molecule has 0 aromatic heterocycles. The van der Waals surface area contributed by atoms with Crippen molar-refractivity contribution >= 4 is 11.6 Å². The van der Waals surface area contributed by atoms with Crippen molar-refractivity contribution in [2.75, 3.05) is 50.7 Å². The molecule has 0 spiro atoms. The van der Waals surface area contributed by atoms with Gasteiger partial charge in [-0.2, -0.15) is 0 Å². The fourth-order valence-corrected chi connectivity index (χ4v) is 4.64. The van der Waals surface area contributed by atoms with Crippen molar-refractivity contribution in [1.82, 2.24) is 9.80 Å². The number of likely N-dealkylation sites (tertiary alicyclic amines) is 1. The van der Waals surface area contributed by atoms with Gasteiger partial charge in [0.25, 0.3) is 5.92 Å². The van der Waals surface area contributed by atoms with E-state index in [2.05, 4.69) is 36.1 Å². The number of piperidine rings is 1. The molecule has 0 saturated carbocycles. The minimum atomic E-state index is -2.72. The van der Waals surface area contributed by atoms with Gasteiger partial charge in [-0.05, 0) is 49.4 Å². The van der Waals surface area contributed by atoms with Crippen LogP contribution in [0.2, 0.25) is 0 Å². The number of amides is 1. The summed E-state index contributed by atoms with van der Waals surface area (Å²) in [5.74, 6) is -3.36. The Morgan fingerprint density at radius 2 is 1.83 bits per heavy atom. The summed E-state index contributed by atoms with van der Waals surface area (Å²) in [5, 5.41) is 0. The average molecular weight is 408 g/mol. The molecule has 2 saturated heterocycles. The maximum absolute atomic E-state index is 14.4. The van der Waals surface area contributed by atoms with Crippen molar-refractivity contribution in [1.29, 1.82) is 0 Å². The van der Waals surface area contributed by atoms with Crippen molar-refractivity contribution < 1.29 is 13.6 Å². The predicted octanol–water partition coefficient (Wildman–Crippen LogP) is 3.90. The molecule has 2 aliphatic heterocycles. The number of nitrogens with zero attached hydrogens (tertiary/aromatic N) is 3. The van der Waals surface area contributed by atoms with Crippen LogP contribution in [0.3, 0.4) is 0 Å². The van der Waals surface area contributed by atoms with Gasteiger partial charge in [0.05, 0.1) is 13.1 Å². The largest absolute Gasteiger partial charge is 0.370 e. The Kier molecular flexibility index (Phi) is 7.14. The van der Waals surface area contributed by atoms with Gasteiger partial charge in [-0.25, -0.2) is 8.78 Å². The smallest absolute Gasteiger partial charge is 0.263 e. The Bertz CT molecular complexity index is 677. The van der Waals surface area contributed by atoms with Crippen LogP contribution in [0.5, 0.6) is 0 Å². The third kappa shape index (κ3) is 5.47. The van der Waals surface area contributed by atoms with Crippen LogP contribution in [-0.2, 0) is 11.2 Å². The number of hydrogen-bond acceptors (Lipinski definition) is 3. The number of rotatable bonds is 5. The molecule has 1 amide bonds. The lowest BCUT2D eigenvalue weighted by Crippen LogP contribution is -2.53. The van der Waals surface area contributed by atoms with E-state index >= 15 is 0 Å². The SMILES string of the molecule is CCc1ccc(N2CCCN(C(=O)CN3CCC(C(C)C)C(F)(F)C3)CC2)cc1. The summed E-state index contributed by atoms with van der Waals surface area (Å²) < 4.78 is 28.9. The Labute approximate surface area is 173 Å². The lowest BCUT2D eigenvalue weighted by molar-refractivity contribution is -0.142. The molecule has 1 aromatic rings. The van der Waals surface area contributed by atoms with Crippen molar-refractivity contribution in [3.63, 3.8) is 0 Å². The highest BCUT2D eigenvalue weighted by molar-refractivity contribution is 5.78. The van der Waals surface area contributed by atoms with Gasteiger partial charge in [0.1, 0.15) is 0 Å². The predicted molar refractivity (Wildman–Crippen MR) is 114 cm³/mol. The zero-order valence-corrected chi connectivity index (χ0v) is 18.0. The van der Waals surface area contributed by atoms with Crippen LogP contribution in [0.1, 0.15) is 39.2 Å². The number of halogens is 2. The van der Waals surface area contributed by atoms with Crippen LogP contribution in [-0.4, -0.2) is 67.4 Å². The van der Waals surface area contributed by atoms with Crippen LogP contribution in [0, 0.1) is 11.8 Å². The normalized spacial score (nSPS) is 23.3. The zero-order chi connectivity index (χ0) is 21.0. The second-order valence-corrected chi connectivity index (χ2v) is 8.85. The van der Waals surface area contributed by atoms with Crippen molar-refractivity contribution in [3.05, 3.63) is 29.8 Å². The first-order chi connectivity index (χ1) is 13.8. The molecule has 29 heavy (non-hydrogen) atoms. The van der Waals surface area contributed by atoms with Crippen molar-refractivity contribution in [2.24, 2.45) is 11.8 Å². The van der Waals surface area contributed by atoms with Gasteiger partial charge in [0.2, 0.25) is 5.91 Å². The Hall–Kier alpha value is -1.69. The summed E-state index contributed by atoms with van der Waals surface area (Å²) in [7, 11) is 0. The van der Waals surface area contributed by atoms with E-state index in [0.29, 0.717) is 26.1 Å². The number of aryl methyl sites for hydroxylation is 1. The molecule has 1 aromatic carbocycles. The summed E-state index contributed by atoms with van der Waals surface area (Å²) in [6.45, 7) is 9.27. The van der Waals surface area contributed by atoms with Gasteiger partial charge in [0.15, 0.2) is 0 Å². The minimum Gasteiger partial charge on any atom is -0.370 e.